The third-order valence-electron chi connectivity index (χ3n) is 5.79. The number of furan rings is 1. The van der Waals surface area contributed by atoms with Gasteiger partial charge in [0.15, 0.2) is 5.16 Å². The van der Waals surface area contributed by atoms with Gasteiger partial charge in [0.25, 0.3) is 5.56 Å². The molecule has 1 N–H and O–H groups in total. The first-order valence-corrected chi connectivity index (χ1v) is 12.9. The molecule has 0 spiro atoms. The predicted molar refractivity (Wildman–Crippen MR) is 133 cm³/mol. The van der Waals surface area contributed by atoms with Crippen LogP contribution < -0.4 is 10.9 Å². The molecular formula is C25H22N4O3S2. The number of fused-ring (bicyclic) bond motifs is 3. The molecule has 0 bridgehead atoms. The average molecular weight is 491 g/mol. The van der Waals surface area contributed by atoms with E-state index in [9.17, 15) is 9.59 Å². The Morgan fingerprint density at radius 1 is 1.24 bits per heavy atom. The zero-order chi connectivity index (χ0) is 23.5. The van der Waals surface area contributed by atoms with Crippen LogP contribution in [-0.2, 0) is 30.6 Å². The smallest absolute Gasteiger partial charge is 0.263 e. The Hall–Kier alpha value is -3.35. The molecule has 4 aromatic rings. The number of nitrogens with one attached hydrogen (secondary N) is 1. The van der Waals surface area contributed by atoms with Crippen molar-refractivity contribution in [2.45, 2.75) is 43.8 Å². The Kier molecular flexibility index (Phi) is 6.52. The van der Waals surface area contributed by atoms with E-state index in [0.29, 0.717) is 23.0 Å². The lowest BCUT2D eigenvalue weighted by atomic mass is 9.97. The molecule has 7 nitrogen and oxygen atoms in total. The fourth-order valence-electron chi connectivity index (χ4n) is 4.15. The fraction of sp³-hybridized carbons (Fsp3) is 0.280. The monoisotopic (exact) mass is 490 g/mol. The first-order chi connectivity index (χ1) is 16.6. The maximum Gasteiger partial charge on any atom is 0.263 e. The summed E-state index contributed by atoms with van der Waals surface area (Å²) in [5, 5.41) is 12.9. The summed E-state index contributed by atoms with van der Waals surface area (Å²) < 4.78 is 7.11. The number of carbonyl (C=O) groups is 1. The van der Waals surface area contributed by atoms with Crippen LogP contribution in [0.3, 0.4) is 0 Å². The van der Waals surface area contributed by atoms with Crippen molar-refractivity contribution in [2.24, 2.45) is 0 Å². The lowest BCUT2D eigenvalue weighted by Crippen LogP contribution is -2.25. The van der Waals surface area contributed by atoms with Gasteiger partial charge in [0.05, 0.1) is 36.4 Å². The van der Waals surface area contributed by atoms with E-state index in [2.05, 4.69) is 11.4 Å². The van der Waals surface area contributed by atoms with Crippen molar-refractivity contribution in [1.29, 1.82) is 5.26 Å². The number of nitrogens with zero attached hydrogens (tertiary/aromatic N) is 3. The summed E-state index contributed by atoms with van der Waals surface area (Å²) in [6.45, 7) is 0.268. The summed E-state index contributed by atoms with van der Waals surface area (Å²) in [6, 6.07) is 12.9. The largest absolute Gasteiger partial charge is 0.467 e. The molecule has 0 saturated heterocycles. The van der Waals surface area contributed by atoms with Crippen molar-refractivity contribution in [3.05, 3.63) is 74.8 Å². The van der Waals surface area contributed by atoms with Crippen LogP contribution in [0.15, 0.2) is 57.0 Å². The molecule has 9 heteroatoms. The zero-order valence-corrected chi connectivity index (χ0v) is 20.0. The molecule has 5 rings (SSSR count). The van der Waals surface area contributed by atoms with Crippen molar-refractivity contribution >= 4 is 44.9 Å². The quantitative estimate of drug-likeness (QED) is 0.296. The highest BCUT2D eigenvalue weighted by atomic mass is 32.2. The molecule has 0 saturated carbocycles. The van der Waals surface area contributed by atoms with Gasteiger partial charge < -0.3 is 9.73 Å². The first-order valence-electron chi connectivity index (χ1n) is 11.1. The number of hydrogen-bond donors (Lipinski definition) is 1. The normalized spacial score (nSPS) is 12.9. The van der Waals surface area contributed by atoms with Crippen LogP contribution in [0, 0.1) is 11.3 Å². The summed E-state index contributed by atoms with van der Waals surface area (Å²) in [4.78, 5) is 33.0. The van der Waals surface area contributed by atoms with Gasteiger partial charge in [-0.25, -0.2) is 4.98 Å². The minimum Gasteiger partial charge on any atom is -0.467 e. The third-order valence-corrected chi connectivity index (χ3v) is 7.95. The number of anilines is 1. The molecule has 0 fully saturated rings. The van der Waals surface area contributed by atoms with Crippen molar-refractivity contribution in [1.82, 2.24) is 9.55 Å². The number of thiophene rings is 1. The third kappa shape index (κ3) is 4.65. The van der Waals surface area contributed by atoms with Crippen LogP contribution in [0.2, 0.25) is 0 Å². The average Bonchev–Trinajstić information content (AvgIpc) is 3.49. The Morgan fingerprint density at radius 3 is 2.82 bits per heavy atom. The Bertz CT molecular complexity index is 1430. The molecule has 0 aliphatic heterocycles. The van der Waals surface area contributed by atoms with Gasteiger partial charge in [-0.2, -0.15) is 5.26 Å². The predicted octanol–water partition coefficient (Wildman–Crippen LogP) is 4.77. The summed E-state index contributed by atoms with van der Waals surface area (Å²) in [7, 11) is 0. The van der Waals surface area contributed by atoms with Gasteiger partial charge in [-0.3, -0.25) is 14.2 Å². The van der Waals surface area contributed by atoms with E-state index < -0.39 is 0 Å². The lowest BCUT2D eigenvalue weighted by molar-refractivity contribution is -0.113. The van der Waals surface area contributed by atoms with Crippen molar-refractivity contribution < 1.29 is 9.21 Å². The van der Waals surface area contributed by atoms with Gasteiger partial charge in [-0.05, 0) is 61.1 Å². The van der Waals surface area contributed by atoms with E-state index in [-0.39, 0.29) is 23.8 Å². The van der Waals surface area contributed by atoms with Crippen LogP contribution in [0.25, 0.3) is 10.2 Å². The van der Waals surface area contributed by atoms with Gasteiger partial charge in [0, 0.05) is 10.6 Å². The number of carbonyl (C=O) groups excluding carboxylic acids is 1. The lowest BCUT2D eigenvalue weighted by Gasteiger charge is -2.13. The van der Waals surface area contributed by atoms with Gasteiger partial charge in [0.2, 0.25) is 5.91 Å². The molecular weight excluding hydrogens is 468 g/mol. The Balaban J connectivity index is 1.40. The molecule has 1 aliphatic carbocycles. The number of aryl methyl sites for hydroxylation is 2. The van der Waals surface area contributed by atoms with Crippen molar-refractivity contribution in [2.75, 3.05) is 11.1 Å². The van der Waals surface area contributed by atoms with Crippen LogP contribution in [-0.4, -0.2) is 21.2 Å². The topological polar surface area (TPSA) is 101 Å². The summed E-state index contributed by atoms with van der Waals surface area (Å²) in [5.41, 5.74) is 2.63. The minimum atomic E-state index is -0.192. The second-order valence-electron chi connectivity index (χ2n) is 8.12. The van der Waals surface area contributed by atoms with E-state index >= 15 is 0 Å². The number of aromatic nitrogens is 2. The van der Waals surface area contributed by atoms with E-state index in [0.717, 1.165) is 47.0 Å². The standard InChI is InChI=1S/C25H22N4O3S2/c26-12-11-16-7-9-17(10-8-16)27-21(30)15-33-25-28-23-22(19-5-1-2-6-20(19)34-23)24(31)29(25)14-18-4-3-13-32-18/h3-4,7-10,13H,1-2,5-6,11,14-15H2,(H,27,30). The molecule has 34 heavy (non-hydrogen) atoms. The molecule has 1 aromatic carbocycles. The number of thioether (sulfide) groups is 1. The van der Waals surface area contributed by atoms with Gasteiger partial charge in [0.1, 0.15) is 10.6 Å². The second-order valence-corrected chi connectivity index (χ2v) is 10.2. The van der Waals surface area contributed by atoms with Crippen molar-refractivity contribution in [3.63, 3.8) is 0 Å². The molecule has 172 valence electrons. The fourth-order valence-corrected chi connectivity index (χ4v) is 6.25. The van der Waals surface area contributed by atoms with Gasteiger partial charge in [-0.1, -0.05) is 23.9 Å². The number of benzene rings is 1. The van der Waals surface area contributed by atoms with Crippen LogP contribution in [0.4, 0.5) is 5.69 Å². The van der Waals surface area contributed by atoms with Gasteiger partial charge in [-0.15, -0.1) is 11.3 Å². The molecule has 1 amide bonds. The van der Waals surface area contributed by atoms with Crippen molar-refractivity contribution in [3.8, 4) is 6.07 Å². The number of nitriles is 1. The highest BCUT2D eigenvalue weighted by Crippen LogP contribution is 2.34. The maximum atomic E-state index is 13.6. The number of rotatable bonds is 7. The zero-order valence-electron chi connectivity index (χ0n) is 18.4. The molecule has 0 unspecified atom stereocenters. The molecule has 0 atom stereocenters. The van der Waals surface area contributed by atoms with Crippen LogP contribution in [0.1, 0.15) is 34.6 Å². The molecule has 1 aliphatic rings. The Labute approximate surface area is 204 Å². The minimum absolute atomic E-state index is 0.0724. The maximum absolute atomic E-state index is 13.6. The van der Waals surface area contributed by atoms with Crippen LogP contribution >= 0.6 is 23.1 Å². The van der Waals surface area contributed by atoms with E-state index in [1.807, 2.05) is 18.2 Å². The Morgan fingerprint density at radius 2 is 2.06 bits per heavy atom. The second kappa shape index (κ2) is 9.87. The highest BCUT2D eigenvalue weighted by Gasteiger charge is 2.23. The van der Waals surface area contributed by atoms with E-state index in [4.69, 9.17) is 14.7 Å². The molecule has 3 aromatic heterocycles. The van der Waals surface area contributed by atoms with Gasteiger partial charge >= 0.3 is 0 Å². The first kappa shape index (κ1) is 22.4. The van der Waals surface area contributed by atoms with Crippen LogP contribution in [0.5, 0.6) is 0 Å². The summed E-state index contributed by atoms with van der Waals surface area (Å²) in [6.07, 6.45) is 6.05. The summed E-state index contributed by atoms with van der Waals surface area (Å²) in [5.74, 6) is 0.583. The molecule has 3 heterocycles. The summed E-state index contributed by atoms with van der Waals surface area (Å²) >= 11 is 2.85. The van der Waals surface area contributed by atoms with E-state index in [1.54, 1.807) is 40.4 Å². The number of hydrogen-bond acceptors (Lipinski definition) is 7. The molecule has 0 radical (unpaired) electrons. The number of amides is 1. The van der Waals surface area contributed by atoms with E-state index in [1.165, 1.54) is 16.6 Å². The highest BCUT2D eigenvalue weighted by molar-refractivity contribution is 7.99. The SMILES string of the molecule is N#CCc1ccc(NC(=O)CSc2nc3sc4c(c3c(=O)n2Cc2ccco2)CCCC4)cc1.